The van der Waals surface area contributed by atoms with Crippen LogP contribution in [0.25, 0.3) is 0 Å². The van der Waals surface area contributed by atoms with Gasteiger partial charge in [0.1, 0.15) is 0 Å². The summed E-state index contributed by atoms with van der Waals surface area (Å²) in [6.07, 6.45) is 3.59. The fraction of sp³-hybridized carbons (Fsp3) is 0.700. The van der Waals surface area contributed by atoms with Crippen molar-refractivity contribution in [1.29, 1.82) is 0 Å². The van der Waals surface area contributed by atoms with Gasteiger partial charge in [0, 0.05) is 31.2 Å². The van der Waals surface area contributed by atoms with Gasteiger partial charge in [-0.1, -0.05) is 0 Å². The van der Waals surface area contributed by atoms with Gasteiger partial charge in [-0.15, -0.1) is 11.8 Å². The van der Waals surface area contributed by atoms with E-state index in [4.69, 9.17) is 0 Å². The average Bonchev–Trinajstić information content (AvgIpc) is 2.12. The van der Waals surface area contributed by atoms with Crippen molar-refractivity contribution in [1.82, 2.24) is 10.2 Å². The largest absolute Gasteiger partial charge is 0.336 e. The molecule has 1 N–H and O–H groups in total. The number of piperazine rings is 1. The zero-order valence-electron chi connectivity index (χ0n) is 9.04. The molecule has 1 aliphatic heterocycles. The van der Waals surface area contributed by atoms with Crippen molar-refractivity contribution in [2.24, 2.45) is 0 Å². The van der Waals surface area contributed by atoms with Gasteiger partial charge in [0.15, 0.2) is 0 Å². The first-order chi connectivity index (χ1) is 6.55. The third kappa shape index (κ3) is 3.35. The highest BCUT2D eigenvalue weighted by Gasteiger charge is 2.27. The highest BCUT2D eigenvalue weighted by atomic mass is 32.2. The van der Waals surface area contributed by atoms with Gasteiger partial charge < -0.3 is 10.2 Å². The predicted molar refractivity (Wildman–Crippen MR) is 61.3 cm³/mol. The van der Waals surface area contributed by atoms with E-state index in [0.717, 1.165) is 19.6 Å². The van der Waals surface area contributed by atoms with Crippen LogP contribution in [-0.2, 0) is 4.79 Å². The number of rotatable bonds is 2. The Bertz CT molecular complexity index is 238. The van der Waals surface area contributed by atoms with Gasteiger partial charge >= 0.3 is 0 Å². The molecule has 1 aliphatic rings. The molecule has 0 aromatic heterocycles. The minimum absolute atomic E-state index is 0.0428. The quantitative estimate of drug-likeness (QED) is 0.698. The van der Waals surface area contributed by atoms with Crippen LogP contribution in [0.2, 0.25) is 0 Å². The molecule has 0 unspecified atom stereocenters. The number of thioether (sulfide) groups is 1. The summed E-state index contributed by atoms with van der Waals surface area (Å²) in [6, 6.07) is 0. The van der Waals surface area contributed by atoms with Crippen LogP contribution in [0.5, 0.6) is 0 Å². The van der Waals surface area contributed by atoms with Crippen molar-refractivity contribution in [3.63, 3.8) is 0 Å². The first-order valence-electron chi connectivity index (χ1n) is 4.78. The molecule has 1 amide bonds. The van der Waals surface area contributed by atoms with Crippen molar-refractivity contribution in [2.45, 2.75) is 19.4 Å². The van der Waals surface area contributed by atoms with E-state index in [1.54, 1.807) is 17.8 Å². The van der Waals surface area contributed by atoms with Crippen LogP contribution in [-0.4, -0.2) is 42.2 Å². The normalized spacial score (nSPS) is 21.5. The van der Waals surface area contributed by atoms with Gasteiger partial charge in [0.25, 0.3) is 0 Å². The lowest BCUT2D eigenvalue weighted by Crippen LogP contribution is -2.58. The van der Waals surface area contributed by atoms with Gasteiger partial charge in [0.05, 0.1) is 0 Å². The molecule has 1 fully saturated rings. The SMILES string of the molecule is CS/C=C/C(=O)N1CCNC(C)(C)C1. The van der Waals surface area contributed by atoms with Crippen LogP contribution in [0.1, 0.15) is 13.8 Å². The van der Waals surface area contributed by atoms with Gasteiger partial charge in [-0.25, -0.2) is 0 Å². The Morgan fingerprint density at radius 2 is 2.29 bits per heavy atom. The second-order valence-electron chi connectivity index (χ2n) is 4.11. The highest BCUT2D eigenvalue weighted by Crippen LogP contribution is 2.10. The Morgan fingerprint density at radius 1 is 1.57 bits per heavy atom. The van der Waals surface area contributed by atoms with Crippen LogP contribution < -0.4 is 5.32 Å². The summed E-state index contributed by atoms with van der Waals surface area (Å²) in [6.45, 7) is 6.70. The summed E-state index contributed by atoms with van der Waals surface area (Å²) in [5, 5.41) is 5.21. The van der Waals surface area contributed by atoms with Crippen LogP contribution in [0, 0.1) is 0 Å². The molecule has 0 aromatic rings. The van der Waals surface area contributed by atoms with E-state index in [1.165, 1.54) is 0 Å². The average molecular weight is 214 g/mol. The van der Waals surface area contributed by atoms with Crippen molar-refractivity contribution in [2.75, 3.05) is 25.9 Å². The van der Waals surface area contributed by atoms with Crippen molar-refractivity contribution < 1.29 is 4.79 Å². The Labute approximate surface area is 89.9 Å². The number of hydrogen-bond acceptors (Lipinski definition) is 3. The van der Waals surface area contributed by atoms with E-state index in [1.807, 2.05) is 16.6 Å². The number of nitrogens with one attached hydrogen (secondary N) is 1. The predicted octanol–water partition coefficient (Wildman–Crippen LogP) is 1.07. The maximum absolute atomic E-state index is 11.6. The lowest BCUT2D eigenvalue weighted by atomic mass is 10.0. The summed E-state index contributed by atoms with van der Waals surface area (Å²) >= 11 is 1.55. The molecule has 14 heavy (non-hydrogen) atoms. The molecule has 1 heterocycles. The van der Waals surface area contributed by atoms with Crippen molar-refractivity contribution in [3.05, 3.63) is 11.5 Å². The van der Waals surface area contributed by atoms with E-state index in [2.05, 4.69) is 19.2 Å². The minimum atomic E-state index is 0.0428. The van der Waals surface area contributed by atoms with Crippen LogP contribution in [0.3, 0.4) is 0 Å². The maximum atomic E-state index is 11.6. The van der Waals surface area contributed by atoms with E-state index < -0.39 is 0 Å². The molecule has 0 bridgehead atoms. The summed E-state index contributed by atoms with van der Waals surface area (Å²) in [4.78, 5) is 13.5. The maximum Gasteiger partial charge on any atom is 0.247 e. The molecule has 0 saturated carbocycles. The lowest BCUT2D eigenvalue weighted by Gasteiger charge is -2.38. The van der Waals surface area contributed by atoms with Gasteiger partial charge in [0.2, 0.25) is 5.91 Å². The number of nitrogens with zero attached hydrogens (tertiary/aromatic N) is 1. The zero-order valence-corrected chi connectivity index (χ0v) is 9.86. The fourth-order valence-electron chi connectivity index (χ4n) is 1.56. The summed E-state index contributed by atoms with van der Waals surface area (Å²) < 4.78 is 0. The molecule has 0 atom stereocenters. The Hall–Kier alpha value is -0.480. The molecule has 0 spiro atoms. The summed E-state index contributed by atoms with van der Waals surface area (Å²) in [5.74, 6) is 0.119. The second kappa shape index (κ2) is 4.84. The zero-order chi connectivity index (χ0) is 10.6. The smallest absolute Gasteiger partial charge is 0.247 e. The monoisotopic (exact) mass is 214 g/mol. The summed E-state index contributed by atoms with van der Waals surface area (Å²) in [7, 11) is 0. The van der Waals surface area contributed by atoms with E-state index in [9.17, 15) is 4.79 Å². The van der Waals surface area contributed by atoms with Crippen LogP contribution in [0.4, 0.5) is 0 Å². The number of carbonyl (C=O) groups excluding carboxylic acids is 1. The minimum Gasteiger partial charge on any atom is -0.336 e. The third-order valence-corrected chi connectivity index (χ3v) is 2.64. The lowest BCUT2D eigenvalue weighted by molar-refractivity contribution is -0.127. The molecule has 0 radical (unpaired) electrons. The first kappa shape index (κ1) is 11.6. The van der Waals surface area contributed by atoms with Gasteiger partial charge in [-0.3, -0.25) is 4.79 Å². The standard InChI is InChI=1S/C10H18N2OS/c1-10(2)8-12(6-5-11-10)9(13)4-7-14-3/h4,7,11H,5-6,8H2,1-3H3/b7-4+. The molecule has 1 saturated heterocycles. The van der Waals surface area contributed by atoms with E-state index >= 15 is 0 Å². The molecular formula is C10H18N2OS. The van der Waals surface area contributed by atoms with Crippen molar-refractivity contribution >= 4 is 17.7 Å². The highest BCUT2D eigenvalue weighted by molar-refractivity contribution is 8.01. The second-order valence-corrected chi connectivity index (χ2v) is 4.85. The topological polar surface area (TPSA) is 32.3 Å². The Balaban J connectivity index is 2.52. The Kier molecular flexibility index (Phi) is 4.01. The molecule has 0 aromatic carbocycles. The number of hydrogen-bond donors (Lipinski definition) is 1. The number of amides is 1. The fourth-order valence-corrected chi connectivity index (χ4v) is 1.81. The molecule has 0 aliphatic carbocycles. The first-order valence-corrected chi connectivity index (χ1v) is 6.07. The van der Waals surface area contributed by atoms with Gasteiger partial charge in [-0.05, 0) is 25.5 Å². The molecule has 3 nitrogen and oxygen atoms in total. The third-order valence-electron chi connectivity index (χ3n) is 2.23. The van der Waals surface area contributed by atoms with Crippen molar-refractivity contribution in [3.8, 4) is 0 Å². The Morgan fingerprint density at radius 3 is 2.86 bits per heavy atom. The molecule has 1 rings (SSSR count). The molecule has 80 valence electrons. The molecule has 4 heteroatoms. The molecular weight excluding hydrogens is 196 g/mol. The number of carbonyl (C=O) groups is 1. The van der Waals surface area contributed by atoms with Crippen LogP contribution >= 0.6 is 11.8 Å². The van der Waals surface area contributed by atoms with E-state index in [0.29, 0.717) is 0 Å². The van der Waals surface area contributed by atoms with E-state index in [-0.39, 0.29) is 11.4 Å². The van der Waals surface area contributed by atoms with Crippen LogP contribution in [0.15, 0.2) is 11.5 Å². The summed E-state index contributed by atoms with van der Waals surface area (Å²) in [5.41, 5.74) is 0.0428. The van der Waals surface area contributed by atoms with Gasteiger partial charge in [-0.2, -0.15) is 0 Å².